The van der Waals surface area contributed by atoms with E-state index in [1.165, 1.54) is 0 Å². The number of hydrogen-bond donors (Lipinski definition) is 1. The van der Waals surface area contributed by atoms with E-state index in [0.29, 0.717) is 31.3 Å². The van der Waals surface area contributed by atoms with E-state index in [1.54, 1.807) is 6.07 Å². The van der Waals surface area contributed by atoms with Gasteiger partial charge in [-0.3, -0.25) is 4.79 Å². The molecule has 0 spiro atoms. The Labute approximate surface area is 148 Å². The molecule has 5 nitrogen and oxygen atoms in total. The van der Waals surface area contributed by atoms with Crippen LogP contribution in [0.2, 0.25) is 0 Å². The Morgan fingerprint density at radius 3 is 2.68 bits per heavy atom. The van der Waals surface area contributed by atoms with Gasteiger partial charge < -0.3 is 19.5 Å². The highest BCUT2D eigenvalue weighted by Crippen LogP contribution is 2.20. The van der Waals surface area contributed by atoms with Gasteiger partial charge in [0.15, 0.2) is 6.61 Å². The Kier molecular flexibility index (Phi) is 7.29. The van der Waals surface area contributed by atoms with E-state index < -0.39 is 0 Å². The fraction of sp³-hybridized carbons (Fsp3) is 0.350. The molecule has 2 aromatic rings. The van der Waals surface area contributed by atoms with Crippen molar-refractivity contribution in [2.75, 3.05) is 31.7 Å². The summed E-state index contributed by atoms with van der Waals surface area (Å²) < 4.78 is 16.4. The number of anilines is 1. The zero-order valence-electron chi connectivity index (χ0n) is 15.0. The van der Waals surface area contributed by atoms with E-state index in [2.05, 4.69) is 5.32 Å². The number of amides is 1. The maximum Gasteiger partial charge on any atom is 0.262 e. The molecule has 0 unspecified atom stereocenters. The van der Waals surface area contributed by atoms with Crippen LogP contribution in [0.5, 0.6) is 11.5 Å². The van der Waals surface area contributed by atoms with E-state index in [0.717, 1.165) is 16.9 Å². The molecule has 2 aromatic carbocycles. The summed E-state index contributed by atoms with van der Waals surface area (Å²) in [6, 6.07) is 13.2. The van der Waals surface area contributed by atoms with Gasteiger partial charge in [0.05, 0.1) is 6.61 Å². The maximum absolute atomic E-state index is 12.1. The standard InChI is InChI=1S/C20H25NO4/c1-4-23-10-11-24-18-7-5-6-17(13-18)21-20(22)14-25-19-12-15(2)8-9-16(19)3/h5-9,12-13H,4,10-11,14H2,1-3H3,(H,21,22). The highest BCUT2D eigenvalue weighted by atomic mass is 16.5. The second kappa shape index (κ2) is 9.69. The Hall–Kier alpha value is -2.53. The van der Waals surface area contributed by atoms with Crippen LogP contribution in [0, 0.1) is 13.8 Å². The van der Waals surface area contributed by atoms with Crippen LogP contribution in [0.25, 0.3) is 0 Å². The van der Waals surface area contributed by atoms with Gasteiger partial charge in [0.2, 0.25) is 0 Å². The van der Waals surface area contributed by atoms with Gasteiger partial charge in [0.25, 0.3) is 5.91 Å². The van der Waals surface area contributed by atoms with Gasteiger partial charge in [0.1, 0.15) is 18.1 Å². The van der Waals surface area contributed by atoms with E-state index >= 15 is 0 Å². The fourth-order valence-electron chi connectivity index (χ4n) is 2.23. The molecule has 0 atom stereocenters. The molecule has 0 saturated heterocycles. The summed E-state index contributed by atoms with van der Waals surface area (Å²) in [4.78, 5) is 12.1. The predicted molar refractivity (Wildman–Crippen MR) is 98.5 cm³/mol. The Balaban J connectivity index is 1.84. The highest BCUT2D eigenvalue weighted by molar-refractivity contribution is 5.92. The molecule has 0 aliphatic rings. The lowest BCUT2D eigenvalue weighted by Gasteiger charge is -2.11. The SMILES string of the molecule is CCOCCOc1cccc(NC(=O)COc2cc(C)ccc2C)c1. The first-order valence-electron chi connectivity index (χ1n) is 8.39. The van der Waals surface area contributed by atoms with Gasteiger partial charge in [-0.2, -0.15) is 0 Å². The number of carbonyl (C=O) groups excluding carboxylic acids is 1. The minimum Gasteiger partial charge on any atom is -0.491 e. The van der Waals surface area contributed by atoms with Crippen LogP contribution in [-0.2, 0) is 9.53 Å². The van der Waals surface area contributed by atoms with E-state index in [9.17, 15) is 4.79 Å². The molecule has 0 saturated carbocycles. The number of ether oxygens (including phenoxy) is 3. The summed E-state index contributed by atoms with van der Waals surface area (Å²) >= 11 is 0. The number of rotatable bonds is 9. The van der Waals surface area contributed by atoms with Crippen molar-refractivity contribution in [1.82, 2.24) is 0 Å². The minimum absolute atomic E-state index is 0.0419. The van der Waals surface area contributed by atoms with Crippen LogP contribution in [0.3, 0.4) is 0 Å². The van der Waals surface area contributed by atoms with Gasteiger partial charge in [-0.05, 0) is 50.1 Å². The van der Waals surface area contributed by atoms with Crippen molar-refractivity contribution < 1.29 is 19.0 Å². The van der Waals surface area contributed by atoms with Crippen molar-refractivity contribution in [3.05, 3.63) is 53.6 Å². The summed E-state index contributed by atoms with van der Waals surface area (Å²) in [7, 11) is 0. The Morgan fingerprint density at radius 2 is 1.88 bits per heavy atom. The van der Waals surface area contributed by atoms with Crippen LogP contribution >= 0.6 is 0 Å². The normalized spacial score (nSPS) is 10.4. The Morgan fingerprint density at radius 1 is 1.04 bits per heavy atom. The van der Waals surface area contributed by atoms with E-state index in [-0.39, 0.29) is 12.5 Å². The van der Waals surface area contributed by atoms with Crippen LogP contribution < -0.4 is 14.8 Å². The highest BCUT2D eigenvalue weighted by Gasteiger charge is 2.07. The molecule has 0 bridgehead atoms. The maximum atomic E-state index is 12.1. The number of carbonyl (C=O) groups is 1. The lowest BCUT2D eigenvalue weighted by molar-refractivity contribution is -0.118. The largest absolute Gasteiger partial charge is 0.491 e. The van der Waals surface area contributed by atoms with Crippen LogP contribution in [0.4, 0.5) is 5.69 Å². The summed E-state index contributed by atoms with van der Waals surface area (Å²) in [6.45, 7) is 7.52. The summed E-state index contributed by atoms with van der Waals surface area (Å²) in [5.74, 6) is 1.20. The molecule has 1 amide bonds. The third-order valence-corrected chi connectivity index (χ3v) is 3.52. The predicted octanol–water partition coefficient (Wildman–Crippen LogP) is 3.74. The second-order valence-electron chi connectivity index (χ2n) is 5.68. The molecule has 0 aliphatic carbocycles. The van der Waals surface area contributed by atoms with Gasteiger partial charge in [-0.15, -0.1) is 0 Å². The molecule has 2 rings (SSSR count). The first kappa shape index (κ1) is 18.8. The first-order chi connectivity index (χ1) is 12.1. The van der Waals surface area contributed by atoms with Crippen molar-refractivity contribution in [3.63, 3.8) is 0 Å². The van der Waals surface area contributed by atoms with Gasteiger partial charge in [0, 0.05) is 18.4 Å². The third kappa shape index (κ3) is 6.47. The molecule has 0 fully saturated rings. The summed E-state index contributed by atoms with van der Waals surface area (Å²) in [6.07, 6.45) is 0. The molecular formula is C20H25NO4. The molecule has 1 N–H and O–H groups in total. The topological polar surface area (TPSA) is 56.8 Å². The van der Waals surface area contributed by atoms with E-state index in [1.807, 2.05) is 57.2 Å². The van der Waals surface area contributed by atoms with Crippen molar-refractivity contribution >= 4 is 11.6 Å². The summed E-state index contributed by atoms with van der Waals surface area (Å²) in [5.41, 5.74) is 2.77. The smallest absolute Gasteiger partial charge is 0.262 e. The molecule has 0 aromatic heterocycles. The van der Waals surface area contributed by atoms with Crippen LogP contribution in [0.1, 0.15) is 18.1 Å². The van der Waals surface area contributed by atoms with E-state index in [4.69, 9.17) is 14.2 Å². The van der Waals surface area contributed by atoms with Gasteiger partial charge >= 0.3 is 0 Å². The summed E-state index contributed by atoms with van der Waals surface area (Å²) in [5, 5.41) is 2.81. The van der Waals surface area contributed by atoms with Gasteiger partial charge in [-0.25, -0.2) is 0 Å². The zero-order valence-corrected chi connectivity index (χ0v) is 15.0. The number of nitrogens with one attached hydrogen (secondary N) is 1. The lowest BCUT2D eigenvalue weighted by Crippen LogP contribution is -2.20. The van der Waals surface area contributed by atoms with Crippen molar-refractivity contribution in [2.45, 2.75) is 20.8 Å². The molecule has 25 heavy (non-hydrogen) atoms. The molecule has 5 heteroatoms. The Bertz CT molecular complexity index is 700. The van der Waals surface area contributed by atoms with Gasteiger partial charge in [-0.1, -0.05) is 18.2 Å². The lowest BCUT2D eigenvalue weighted by atomic mass is 10.1. The van der Waals surface area contributed by atoms with Crippen molar-refractivity contribution in [1.29, 1.82) is 0 Å². The zero-order chi connectivity index (χ0) is 18.1. The van der Waals surface area contributed by atoms with Crippen molar-refractivity contribution in [2.24, 2.45) is 0 Å². The number of hydrogen-bond acceptors (Lipinski definition) is 4. The monoisotopic (exact) mass is 343 g/mol. The number of aryl methyl sites for hydroxylation is 2. The minimum atomic E-state index is -0.215. The molecule has 134 valence electrons. The molecule has 0 aliphatic heterocycles. The quantitative estimate of drug-likeness (QED) is 0.705. The number of benzene rings is 2. The van der Waals surface area contributed by atoms with Crippen LogP contribution in [-0.4, -0.2) is 32.3 Å². The average Bonchev–Trinajstić information content (AvgIpc) is 2.60. The van der Waals surface area contributed by atoms with Crippen molar-refractivity contribution in [3.8, 4) is 11.5 Å². The molecular weight excluding hydrogens is 318 g/mol. The average molecular weight is 343 g/mol. The first-order valence-corrected chi connectivity index (χ1v) is 8.39. The fourth-order valence-corrected chi connectivity index (χ4v) is 2.23. The second-order valence-corrected chi connectivity index (χ2v) is 5.68. The van der Waals surface area contributed by atoms with Crippen LogP contribution in [0.15, 0.2) is 42.5 Å². The molecule has 0 radical (unpaired) electrons. The molecule has 0 heterocycles. The third-order valence-electron chi connectivity index (χ3n) is 3.52.